The molecule has 0 aliphatic carbocycles. The maximum absolute atomic E-state index is 11.2. The number of alkyl carbamates (subject to hydrolysis) is 1. The molecule has 8 heteroatoms. The minimum absolute atomic E-state index is 0.0216. The Morgan fingerprint density at radius 3 is 3.00 bits per heavy atom. The molecule has 8 nitrogen and oxygen atoms in total. The number of hydrogen-bond donors (Lipinski definition) is 2. The van der Waals surface area contributed by atoms with Crippen LogP contribution in [0.25, 0.3) is 0 Å². The molecule has 19 heavy (non-hydrogen) atoms. The maximum Gasteiger partial charge on any atom is 0.407 e. The van der Waals surface area contributed by atoms with Crippen LogP contribution in [0.2, 0.25) is 0 Å². The molecule has 1 atom stereocenters. The van der Waals surface area contributed by atoms with E-state index in [-0.39, 0.29) is 6.04 Å². The van der Waals surface area contributed by atoms with Crippen molar-refractivity contribution >= 4 is 17.7 Å². The first-order valence-corrected chi connectivity index (χ1v) is 5.89. The van der Waals surface area contributed by atoms with E-state index < -0.39 is 6.09 Å². The van der Waals surface area contributed by atoms with Crippen molar-refractivity contribution in [1.29, 1.82) is 0 Å². The summed E-state index contributed by atoms with van der Waals surface area (Å²) in [6.07, 6.45) is 1.78. The van der Waals surface area contributed by atoms with Gasteiger partial charge in [-0.05, 0) is 6.42 Å². The number of nitrogens with two attached hydrogens (primary N) is 1. The molecule has 0 spiro atoms. The fourth-order valence-electron chi connectivity index (χ4n) is 2.09. The number of carbonyl (C=O) groups is 1. The van der Waals surface area contributed by atoms with E-state index in [9.17, 15) is 4.79 Å². The van der Waals surface area contributed by atoms with Crippen LogP contribution in [0.4, 0.5) is 16.4 Å². The Bertz CT molecular complexity index is 468. The molecule has 0 bridgehead atoms. The van der Waals surface area contributed by atoms with Crippen molar-refractivity contribution in [2.24, 2.45) is 0 Å². The van der Waals surface area contributed by atoms with Crippen molar-refractivity contribution in [3.63, 3.8) is 0 Å². The minimum atomic E-state index is -0.430. The molecular weight excluding hydrogens is 250 g/mol. The highest BCUT2D eigenvalue weighted by Gasteiger charge is 2.27. The summed E-state index contributed by atoms with van der Waals surface area (Å²) in [5.74, 6) is 1.40. The van der Waals surface area contributed by atoms with Crippen molar-refractivity contribution in [1.82, 2.24) is 15.3 Å². The highest BCUT2D eigenvalue weighted by atomic mass is 16.5. The first kappa shape index (κ1) is 13.2. The number of aromatic nitrogens is 2. The Morgan fingerprint density at radius 1 is 1.53 bits per heavy atom. The van der Waals surface area contributed by atoms with Gasteiger partial charge in [0.15, 0.2) is 11.6 Å². The number of ether oxygens (including phenoxy) is 2. The SMILES string of the molecule is COC(=O)NC1CCN(c2ncnc(N)c2OC)C1. The maximum atomic E-state index is 11.2. The molecule has 2 rings (SSSR count). The molecule has 1 aromatic rings. The van der Waals surface area contributed by atoms with E-state index in [1.165, 1.54) is 20.5 Å². The number of anilines is 2. The van der Waals surface area contributed by atoms with Gasteiger partial charge >= 0.3 is 6.09 Å². The van der Waals surface area contributed by atoms with Crippen LogP contribution in [0.5, 0.6) is 5.75 Å². The van der Waals surface area contributed by atoms with Gasteiger partial charge in [0, 0.05) is 13.1 Å². The predicted octanol–water partition coefficient (Wildman–Crippen LogP) is 0.00210. The first-order chi connectivity index (χ1) is 9.15. The van der Waals surface area contributed by atoms with Gasteiger partial charge in [-0.2, -0.15) is 0 Å². The average Bonchev–Trinajstić information content (AvgIpc) is 2.86. The molecule has 1 aliphatic rings. The molecule has 1 fully saturated rings. The van der Waals surface area contributed by atoms with E-state index in [1.54, 1.807) is 0 Å². The summed E-state index contributed by atoms with van der Waals surface area (Å²) in [4.78, 5) is 21.2. The van der Waals surface area contributed by atoms with Gasteiger partial charge in [-0.25, -0.2) is 14.8 Å². The second-order valence-corrected chi connectivity index (χ2v) is 4.18. The molecule has 0 saturated carbocycles. The lowest BCUT2D eigenvalue weighted by Crippen LogP contribution is -2.37. The monoisotopic (exact) mass is 267 g/mol. The normalized spacial score (nSPS) is 18.2. The van der Waals surface area contributed by atoms with Crippen molar-refractivity contribution in [2.45, 2.75) is 12.5 Å². The number of nitrogen functional groups attached to an aromatic ring is 1. The Hall–Kier alpha value is -2.25. The second kappa shape index (κ2) is 5.59. The van der Waals surface area contributed by atoms with Crippen molar-refractivity contribution < 1.29 is 14.3 Å². The van der Waals surface area contributed by atoms with E-state index in [2.05, 4.69) is 20.0 Å². The Kier molecular flexibility index (Phi) is 3.88. The smallest absolute Gasteiger partial charge is 0.407 e. The van der Waals surface area contributed by atoms with Gasteiger partial charge in [-0.1, -0.05) is 0 Å². The highest BCUT2D eigenvalue weighted by molar-refractivity contribution is 5.68. The second-order valence-electron chi connectivity index (χ2n) is 4.18. The average molecular weight is 267 g/mol. The lowest BCUT2D eigenvalue weighted by Gasteiger charge is -2.20. The predicted molar refractivity (Wildman–Crippen MR) is 69.2 cm³/mol. The number of nitrogens with zero attached hydrogens (tertiary/aromatic N) is 3. The molecule has 0 aromatic carbocycles. The summed E-state index contributed by atoms with van der Waals surface area (Å²) in [6.45, 7) is 1.38. The summed E-state index contributed by atoms with van der Waals surface area (Å²) in [5.41, 5.74) is 5.74. The van der Waals surface area contributed by atoms with E-state index in [0.29, 0.717) is 23.9 Å². The van der Waals surface area contributed by atoms with E-state index >= 15 is 0 Å². The van der Waals surface area contributed by atoms with Crippen molar-refractivity contribution in [2.75, 3.05) is 37.9 Å². The van der Waals surface area contributed by atoms with Gasteiger partial charge < -0.3 is 25.4 Å². The standard InChI is InChI=1S/C11H17N5O3/c1-18-8-9(12)13-6-14-10(8)16-4-3-7(5-16)15-11(17)19-2/h6-7H,3-5H2,1-2H3,(H,15,17)(H2,12,13,14). The van der Waals surface area contributed by atoms with Gasteiger partial charge in [0.05, 0.1) is 20.3 Å². The third kappa shape index (κ3) is 2.78. The zero-order valence-electron chi connectivity index (χ0n) is 10.9. The third-order valence-corrected chi connectivity index (χ3v) is 3.01. The van der Waals surface area contributed by atoms with Crippen molar-refractivity contribution in [3.8, 4) is 5.75 Å². The zero-order valence-corrected chi connectivity index (χ0v) is 10.9. The van der Waals surface area contributed by atoms with Crippen LogP contribution < -0.4 is 20.7 Å². The number of nitrogens with one attached hydrogen (secondary N) is 1. The molecule has 1 saturated heterocycles. The highest BCUT2D eigenvalue weighted by Crippen LogP contribution is 2.31. The number of methoxy groups -OCH3 is 2. The molecule has 1 unspecified atom stereocenters. The fourth-order valence-corrected chi connectivity index (χ4v) is 2.09. The van der Waals surface area contributed by atoms with E-state index in [4.69, 9.17) is 10.5 Å². The van der Waals surface area contributed by atoms with Crippen molar-refractivity contribution in [3.05, 3.63) is 6.33 Å². The van der Waals surface area contributed by atoms with Gasteiger partial charge in [-0.3, -0.25) is 0 Å². The Balaban J connectivity index is 2.09. The summed E-state index contributed by atoms with van der Waals surface area (Å²) in [7, 11) is 2.87. The van der Waals surface area contributed by atoms with E-state index in [0.717, 1.165) is 13.0 Å². The zero-order chi connectivity index (χ0) is 13.8. The number of hydrogen-bond acceptors (Lipinski definition) is 7. The number of carbonyl (C=O) groups excluding carboxylic acids is 1. The van der Waals surface area contributed by atoms with Crippen LogP contribution in [0.1, 0.15) is 6.42 Å². The van der Waals surface area contributed by atoms with E-state index in [1.807, 2.05) is 4.90 Å². The molecule has 1 amide bonds. The molecular formula is C11H17N5O3. The fraction of sp³-hybridized carbons (Fsp3) is 0.545. The lowest BCUT2D eigenvalue weighted by atomic mass is 10.3. The topological polar surface area (TPSA) is 103 Å². The Labute approximate surface area is 110 Å². The van der Waals surface area contributed by atoms with Crippen LogP contribution in [-0.4, -0.2) is 49.4 Å². The van der Waals surface area contributed by atoms with Crippen LogP contribution in [0.15, 0.2) is 6.33 Å². The van der Waals surface area contributed by atoms with Crippen LogP contribution in [-0.2, 0) is 4.74 Å². The summed E-state index contributed by atoms with van der Waals surface area (Å²) >= 11 is 0. The number of rotatable bonds is 3. The minimum Gasteiger partial charge on any atom is -0.490 e. The van der Waals surface area contributed by atoms with Gasteiger partial charge in [0.1, 0.15) is 6.33 Å². The molecule has 3 N–H and O–H groups in total. The Morgan fingerprint density at radius 2 is 2.32 bits per heavy atom. The molecule has 2 heterocycles. The van der Waals surface area contributed by atoms with Gasteiger partial charge in [0.25, 0.3) is 0 Å². The van der Waals surface area contributed by atoms with Crippen LogP contribution in [0, 0.1) is 0 Å². The summed E-state index contributed by atoms with van der Waals surface area (Å²) in [6, 6.07) is 0.0216. The summed E-state index contributed by atoms with van der Waals surface area (Å²) < 4.78 is 9.80. The third-order valence-electron chi connectivity index (χ3n) is 3.01. The largest absolute Gasteiger partial charge is 0.490 e. The first-order valence-electron chi connectivity index (χ1n) is 5.89. The van der Waals surface area contributed by atoms with Crippen LogP contribution in [0.3, 0.4) is 0 Å². The number of amides is 1. The molecule has 1 aromatic heterocycles. The van der Waals surface area contributed by atoms with Crippen LogP contribution >= 0.6 is 0 Å². The molecule has 0 radical (unpaired) electrons. The summed E-state index contributed by atoms with van der Waals surface area (Å²) in [5, 5.41) is 2.76. The molecule has 1 aliphatic heterocycles. The lowest BCUT2D eigenvalue weighted by molar-refractivity contribution is 0.167. The van der Waals surface area contributed by atoms with Gasteiger partial charge in [0.2, 0.25) is 5.75 Å². The van der Waals surface area contributed by atoms with Gasteiger partial charge in [-0.15, -0.1) is 0 Å². The molecule has 104 valence electrons. The quantitative estimate of drug-likeness (QED) is 0.794.